The van der Waals surface area contributed by atoms with Crippen LogP contribution in [0.3, 0.4) is 0 Å². The number of Topliss-reactive ketones (excluding diaryl/α,β-unsaturated/α-hetero) is 1. The number of carbonyl (C=O) groups is 3. The van der Waals surface area contributed by atoms with Gasteiger partial charge in [0.15, 0.2) is 5.78 Å². The van der Waals surface area contributed by atoms with Gasteiger partial charge in [-0.25, -0.2) is 9.59 Å². The molecule has 0 atom stereocenters. The predicted octanol–water partition coefficient (Wildman–Crippen LogP) is 1.67. The monoisotopic (exact) mass is 377 g/mol. The van der Waals surface area contributed by atoms with E-state index in [4.69, 9.17) is 0 Å². The number of aliphatic hydroxyl groups excluding tert-OH is 1. The minimum absolute atomic E-state index is 0.136. The summed E-state index contributed by atoms with van der Waals surface area (Å²) in [7, 11) is 0. The summed E-state index contributed by atoms with van der Waals surface area (Å²) >= 11 is 0. The molecule has 2 N–H and O–H groups in total. The number of aliphatic hydroxyl groups is 1. The van der Waals surface area contributed by atoms with Crippen molar-refractivity contribution in [2.75, 3.05) is 5.32 Å². The first-order valence-corrected chi connectivity index (χ1v) is 7.15. The molecule has 0 aliphatic carbocycles. The van der Waals surface area contributed by atoms with Crippen molar-refractivity contribution >= 4 is 34.8 Å². The van der Waals surface area contributed by atoms with Crippen LogP contribution in [-0.4, -0.2) is 32.7 Å². The minimum Gasteiger partial charge on any atom is -0.506 e. The van der Waals surface area contributed by atoms with Gasteiger partial charge in [-0.05, 0) is 13.8 Å². The van der Waals surface area contributed by atoms with Gasteiger partial charge in [0.1, 0.15) is 16.9 Å². The van der Waals surface area contributed by atoms with Crippen molar-refractivity contribution in [3.05, 3.63) is 61.0 Å². The lowest BCUT2D eigenvalue weighted by atomic mass is 10.0. The Morgan fingerprint density at radius 2 is 1.56 bits per heavy atom. The normalized spacial score (nSPS) is 15.9. The van der Waals surface area contributed by atoms with Crippen LogP contribution in [0, 0.1) is 20.2 Å². The van der Waals surface area contributed by atoms with Crippen molar-refractivity contribution < 1.29 is 34.1 Å². The molecule has 27 heavy (non-hydrogen) atoms. The van der Waals surface area contributed by atoms with E-state index < -0.39 is 55.8 Å². The van der Waals surface area contributed by atoms with Crippen LogP contribution in [0.1, 0.15) is 13.8 Å². The number of hydrogen-bond acceptors (Lipinski definition) is 10. The molecular weight excluding hydrogens is 366 g/mol. The van der Waals surface area contributed by atoms with Gasteiger partial charge in [-0.2, -0.15) is 0 Å². The van der Waals surface area contributed by atoms with Gasteiger partial charge in [-0.1, -0.05) is 0 Å². The van der Waals surface area contributed by atoms with Crippen molar-refractivity contribution in [2.24, 2.45) is 0 Å². The Bertz CT molecular complexity index is 942. The Labute approximate surface area is 150 Å². The van der Waals surface area contributed by atoms with Crippen molar-refractivity contribution in [3.63, 3.8) is 0 Å². The van der Waals surface area contributed by atoms with Gasteiger partial charge in [0.25, 0.3) is 11.4 Å². The molecular formula is C15H11N3O9. The van der Waals surface area contributed by atoms with Crippen LogP contribution in [0.4, 0.5) is 17.1 Å². The van der Waals surface area contributed by atoms with E-state index in [1.165, 1.54) is 6.92 Å². The van der Waals surface area contributed by atoms with Gasteiger partial charge >= 0.3 is 11.9 Å². The fourth-order valence-electron chi connectivity index (χ4n) is 2.30. The third-order valence-electron chi connectivity index (χ3n) is 3.45. The molecule has 0 saturated heterocycles. The third-order valence-corrected chi connectivity index (χ3v) is 3.45. The van der Waals surface area contributed by atoms with E-state index in [1.807, 2.05) is 0 Å². The summed E-state index contributed by atoms with van der Waals surface area (Å²) in [5.41, 5.74) is -2.77. The number of esters is 2. The third kappa shape index (κ3) is 3.78. The zero-order chi connectivity index (χ0) is 20.5. The molecule has 0 aromatic heterocycles. The minimum atomic E-state index is -1.31. The first-order valence-electron chi connectivity index (χ1n) is 7.15. The molecule has 1 heterocycles. The Hall–Kier alpha value is -4.09. The molecule has 140 valence electrons. The molecule has 1 aromatic carbocycles. The topological polar surface area (TPSA) is 179 Å². The Kier molecular flexibility index (Phi) is 5.01. The second-order valence-electron chi connectivity index (χ2n) is 5.33. The molecule has 0 fully saturated rings. The molecule has 1 aliphatic rings. The molecule has 12 heteroatoms. The number of allylic oxidation sites excluding steroid dienone is 1. The fourth-order valence-corrected chi connectivity index (χ4v) is 2.30. The van der Waals surface area contributed by atoms with Gasteiger partial charge in [-0.3, -0.25) is 25.0 Å². The van der Waals surface area contributed by atoms with E-state index in [0.29, 0.717) is 0 Å². The molecule has 0 radical (unpaired) electrons. The quantitative estimate of drug-likeness (QED) is 0.191. The zero-order valence-corrected chi connectivity index (χ0v) is 13.8. The molecule has 0 amide bonds. The number of ketones is 1. The number of nitro groups is 2. The maximum absolute atomic E-state index is 11.9. The number of non-ortho nitro benzene ring substituents is 2. The molecule has 2 rings (SSSR count). The van der Waals surface area contributed by atoms with Crippen LogP contribution in [0.5, 0.6) is 0 Å². The Morgan fingerprint density at radius 1 is 1.04 bits per heavy atom. The van der Waals surface area contributed by atoms with Gasteiger partial charge < -0.3 is 15.2 Å². The number of carbonyl (C=O) groups excluding carboxylic acids is 3. The van der Waals surface area contributed by atoms with Crippen molar-refractivity contribution in [1.29, 1.82) is 0 Å². The average molecular weight is 377 g/mol. The van der Waals surface area contributed by atoms with Crippen molar-refractivity contribution in [3.8, 4) is 0 Å². The maximum atomic E-state index is 11.9. The van der Waals surface area contributed by atoms with E-state index in [-0.39, 0.29) is 11.4 Å². The zero-order valence-electron chi connectivity index (χ0n) is 13.8. The lowest BCUT2D eigenvalue weighted by molar-refractivity contribution is -0.394. The number of benzene rings is 1. The lowest BCUT2D eigenvalue weighted by Gasteiger charge is -2.18. The molecule has 1 aromatic rings. The number of nitro benzene ring substituents is 2. The average Bonchev–Trinajstić information content (AvgIpc) is 2.53. The van der Waals surface area contributed by atoms with Crippen molar-refractivity contribution in [2.45, 2.75) is 13.8 Å². The lowest BCUT2D eigenvalue weighted by Crippen LogP contribution is -2.29. The highest BCUT2D eigenvalue weighted by molar-refractivity contribution is 6.23. The Balaban J connectivity index is 2.57. The summed E-state index contributed by atoms with van der Waals surface area (Å²) in [5, 5.41) is 34.4. The van der Waals surface area contributed by atoms with Crippen LogP contribution in [0.25, 0.3) is 0 Å². The molecule has 0 spiro atoms. The van der Waals surface area contributed by atoms with Crippen LogP contribution in [-0.2, 0) is 19.1 Å². The summed E-state index contributed by atoms with van der Waals surface area (Å²) in [6.07, 6.45) is 0. The largest absolute Gasteiger partial charge is 0.506 e. The summed E-state index contributed by atoms with van der Waals surface area (Å²) in [6, 6.07) is 2.67. The maximum Gasteiger partial charge on any atom is 0.353 e. The van der Waals surface area contributed by atoms with Crippen molar-refractivity contribution in [1.82, 2.24) is 0 Å². The molecule has 0 bridgehead atoms. The number of ether oxygens (including phenoxy) is 1. The van der Waals surface area contributed by atoms with Gasteiger partial charge in [0.05, 0.1) is 21.6 Å². The second-order valence-corrected chi connectivity index (χ2v) is 5.33. The van der Waals surface area contributed by atoms with Crippen LogP contribution < -0.4 is 5.32 Å². The van der Waals surface area contributed by atoms with E-state index in [2.05, 4.69) is 10.1 Å². The summed E-state index contributed by atoms with van der Waals surface area (Å²) in [4.78, 5) is 55.1. The SMILES string of the molecule is CC(=O)C1=C(O)C(=C(C)Nc2cc([N+](=O)[O-])cc([N+](=O)[O-])c2)C(=O)OC1=O. The van der Waals surface area contributed by atoms with Gasteiger partial charge in [0.2, 0.25) is 0 Å². The van der Waals surface area contributed by atoms with E-state index in [9.17, 15) is 39.7 Å². The van der Waals surface area contributed by atoms with Crippen LogP contribution >= 0.6 is 0 Å². The Morgan fingerprint density at radius 3 is 2.00 bits per heavy atom. The highest BCUT2D eigenvalue weighted by Crippen LogP contribution is 2.29. The smallest absolute Gasteiger partial charge is 0.353 e. The van der Waals surface area contributed by atoms with Gasteiger partial charge in [-0.15, -0.1) is 0 Å². The predicted molar refractivity (Wildman–Crippen MR) is 87.5 cm³/mol. The molecule has 1 aliphatic heterocycles. The first-order chi connectivity index (χ1) is 12.5. The van der Waals surface area contributed by atoms with Crippen LogP contribution in [0.15, 0.2) is 40.8 Å². The van der Waals surface area contributed by atoms with E-state index in [0.717, 1.165) is 25.1 Å². The standard InChI is InChI=1S/C15H11N3O9/c1-6(11-13(20)12(7(2)19)15(22)27-14(11)21)16-8-3-9(17(23)24)5-10(4-8)18(25)26/h3-5,16,20H,1-2H3. The molecule has 0 saturated carbocycles. The van der Waals surface area contributed by atoms with E-state index >= 15 is 0 Å². The number of rotatable bonds is 5. The highest BCUT2D eigenvalue weighted by Gasteiger charge is 2.36. The highest BCUT2D eigenvalue weighted by atomic mass is 16.6. The fraction of sp³-hybridized carbons (Fsp3) is 0.133. The summed E-state index contributed by atoms with van der Waals surface area (Å²) < 4.78 is 4.40. The molecule has 12 nitrogen and oxygen atoms in total. The number of cyclic esters (lactones) is 2. The second kappa shape index (κ2) is 7.03. The number of anilines is 1. The first kappa shape index (κ1) is 19.2. The number of nitrogens with zero attached hydrogens (tertiary/aromatic N) is 2. The van der Waals surface area contributed by atoms with E-state index in [1.54, 1.807) is 0 Å². The van der Waals surface area contributed by atoms with Gasteiger partial charge in [0, 0.05) is 17.8 Å². The summed E-state index contributed by atoms with van der Waals surface area (Å²) in [5.74, 6) is -4.34. The molecule has 0 unspecified atom stereocenters. The summed E-state index contributed by atoms with van der Waals surface area (Å²) in [6.45, 7) is 2.22. The number of nitrogens with one attached hydrogen (secondary N) is 1. The number of hydrogen-bond donors (Lipinski definition) is 2. The van der Waals surface area contributed by atoms with Crippen LogP contribution in [0.2, 0.25) is 0 Å².